The highest BCUT2D eigenvalue weighted by atomic mass is 16.5. The monoisotopic (exact) mass is 349 g/mol. The Morgan fingerprint density at radius 2 is 2.00 bits per heavy atom. The van der Waals surface area contributed by atoms with Crippen molar-refractivity contribution < 1.29 is 9.53 Å². The molecule has 1 aromatic carbocycles. The van der Waals surface area contributed by atoms with Crippen molar-refractivity contribution in [2.75, 3.05) is 13.7 Å². The smallest absolute Gasteiger partial charge is 0.274 e. The lowest BCUT2D eigenvalue weighted by Crippen LogP contribution is -2.31. The van der Waals surface area contributed by atoms with Gasteiger partial charge in [-0.3, -0.25) is 14.5 Å². The standard InChI is InChI=1S/C19H19N5O2/c1-26-16-5-3-14(4-6-16)17-11-15-13-23(9-2-10-24(15)22-17)19(25)18-12-20-7-8-21-18/h3-8,11-12H,2,9-10,13H2,1H3. The summed E-state index contributed by atoms with van der Waals surface area (Å²) in [6.07, 6.45) is 5.46. The zero-order valence-corrected chi connectivity index (χ0v) is 14.5. The van der Waals surface area contributed by atoms with Gasteiger partial charge in [0.05, 0.1) is 31.2 Å². The molecule has 3 heterocycles. The topological polar surface area (TPSA) is 73.1 Å². The van der Waals surface area contributed by atoms with Crippen LogP contribution >= 0.6 is 0 Å². The number of nitrogens with zero attached hydrogens (tertiary/aromatic N) is 5. The average molecular weight is 349 g/mol. The van der Waals surface area contributed by atoms with Gasteiger partial charge in [0, 0.05) is 31.0 Å². The summed E-state index contributed by atoms with van der Waals surface area (Å²) in [4.78, 5) is 22.6. The van der Waals surface area contributed by atoms with E-state index in [1.807, 2.05) is 39.9 Å². The van der Waals surface area contributed by atoms with E-state index in [-0.39, 0.29) is 5.91 Å². The van der Waals surface area contributed by atoms with Gasteiger partial charge in [-0.15, -0.1) is 0 Å². The van der Waals surface area contributed by atoms with Crippen LogP contribution in [0.2, 0.25) is 0 Å². The maximum atomic E-state index is 12.7. The quantitative estimate of drug-likeness (QED) is 0.726. The maximum Gasteiger partial charge on any atom is 0.274 e. The molecule has 0 aliphatic carbocycles. The first-order valence-corrected chi connectivity index (χ1v) is 8.51. The van der Waals surface area contributed by atoms with E-state index in [0.29, 0.717) is 18.8 Å². The molecule has 0 saturated heterocycles. The molecule has 132 valence electrons. The molecule has 1 aliphatic rings. The summed E-state index contributed by atoms with van der Waals surface area (Å²) in [5.41, 5.74) is 3.32. The number of fused-ring (bicyclic) bond motifs is 1. The number of hydrogen-bond acceptors (Lipinski definition) is 5. The maximum absolute atomic E-state index is 12.7. The first-order valence-electron chi connectivity index (χ1n) is 8.51. The predicted molar refractivity (Wildman–Crippen MR) is 95.6 cm³/mol. The Balaban J connectivity index is 1.58. The third kappa shape index (κ3) is 3.15. The van der Waals surface area contributed by atoms with Crippen molar-refractivity contribution in [3.63, 3.8) is 0 Å². The number of rotatable bonds is 3. The van der Waals surface area contributed by atoms with Crippen molar-refractivity contribution in [2.24, 2.45) is 0 Å². The molecule has 4 rings (SSSR count). The summed E-state index contributed by atoms with van der Waals surface area (Å²) >= 11 is 0. The molecular weight excluding hydrogens is 330 g/mol. The van der Waals surface area contributed by atoms with Gasteiger partial charge in [0.15, 0.2) is 0 Å². The van der Waals surface area contributed by atoms with E-state index in [0.717, 1.165) is 35.7 Å². The van der Waals surface area contributed by atoms with Crippen molar-refractivity contribution in [2.45, 2.75) is 19.5 Å². The van der Waals surface area contributed by atoms with Gasteiger partial charge in [-0.2, -0.15) is 5.10 Å². The van der Waals surface area contributed by atoms with Gasteiger partial charge < -0.3 is 9.64 Å². The minimum atomic E-state index is -0.0984. The van der Waals surface area contributed by atoms with Crippen LogP contribution < -0.4 is 4.74 Å². The van der Waals surface area contributed by atoms with Crippen LogP contribution in [0.25, 0.3) is 11.3 Å². The van der Waals surface area contributed by atoms with E-state index >= 15 is 0 Å². The van der Waals surface area contributed by atoms with E-state index in [2.05, 4.69) is 9.97 Å². The summed E-state index contributed by atoms with van der Waals surface area (Å²) in [6.45, 7) is 1.98. The lowest BCUT2D eigenvalue weighted by Gasteiger charge is -2.19. The molecule has 0 bridgehead atoms. The Bertz CT molecular complexity index is 905. The first kappa shape index (κ1) is 16.3. The zero-order valence-electron chi connectivity index (χ0n) is 14.5. The van der Waals surface area contributed by atoms with Gasteiger partial charge in [-0.1, -0.05) is 0 Å². The van der Waals surface area contributed by atoms with Crippen molar-refractivity contribution in [3.8, 4) is 17.0 Å². The summed E-state index contributed by atoms with van der Waals surface area (Å²) in [6, 6.07) is 9.87. The van der Waals surface area contributed by atoms with Crippen LogP contribution in [0.4, 0.5) is 0 Å². The van der Waals surface area contributed by atoms with Crippen molar-refractivity contribution in [3.05, 3.63) is 60.3 Å². The van der Waals surface area contributed by atoms with Crippen LogP contribution in [0, 0.1) is 0 Å². The van der Waals surface area contributed by atoms with E-state index in [4.69, 9.17) is 9.84 Å². The van der Waals surface area contributed by atoms with Gasteiger partial charge in [0.25, 0.3) is 5.91 Å². The Labute approximate surface area is 151 Å². The molecule has 7 heteroatoms. The van der Waals surface area contributed by atoms with Gasteiger partial charge in [-0.25, -0.2) is 4.98 Å². The Morgan fingerprint density at radius 3 is 2.73 bits per heavy atom. The Kier molecular flexibility index (Phi) is 4.35. The lowest BCUT2D eigenvalue weighted by molar-refractivity contribution is 0.0739. The molecule has 1 aliphatic heterocycles. The molecular formula is C19H19N5O2. The summed E-state index contributed by atoms with van der Waals surface area (Å²) in [5, 5.41) is 4.71. The SMILES string of the molecule is COc1ccc(-c2cc3n(n2)CCCN(C(=O)c2cnccn2)C3)cc1. The number of carbonyl (C=O) groups excluding carboxylic acids is 1. The van der Waals surface area contributed by atoms with Crippen LogP contribution in [0.3, 0.4) is 0 Å². The lowest BCUT2D eigenvalue weighted by atomic mass is 10.1. The first-order chi connectivity index (χ1) is 12.7. The van der Waals surface area contributed by atoms with Crippen molar-refractivity contribution in [1.82, 2.24) is 24.6 Å². The zero-order chi connectivity index (χ0) is 17.9. The van der Waals surface area contributed by atoms with E-state index in [1.165, 1.54) is 12.4 Å². The highest BCUT2D eigenvalue weighted by Crippen LogP contribution is 2.24. The van der Waals surface area contributed by atoms with Crippen LogP contribution in [0.1, 0.15) is 22.6 Å². The third-order valence-corrected chi connectivity index (χ3v) is 4.47. The molecule has 26 heavy (non-hydrogen) atoms. The number of benzene rings is 1. The van der Waals surface area contributed by atoms with Crippen LogP contribution in [0.15, 0.2) is 48.9 Å². The Hall–Kier alpha value is -3.22. The van der Waals surface area contributed by atoms with Gasteiger partial charge in [0.1, 0.15) is 11.4 Å². The molecule has 0 saturated carbocycles. The molecule has 7 nitrogen and oxygen atoms in total. The molecule has 0 atom stereocenters. The largest absolute Gasteiger partial charge is 0.497 e. The highest BCUT2D eigenvalue weighted by Gasteiger charge is 2.22. The summed E-state index contributed by atoms with van der Waals surface area (Å²) in [5.74, 6) is 0.717. The van der Waals surface area contributed by atoms with E-state index in [9.17, 15) is 4.79 Å². The van der Waals surface area contributed by atoms with Gasteiger partial charge in [0.2, 0.25) is 0 Å². The predicted octanol–water partition coefficient (Wildman–Crippen LogP) is 2.39. The number of carbonyl (C=O) groups is 1. The molecule has 0 radical (unpaired) electrons. The number of methoxy groups -OCH3 is 1. The second-order valence-electron chi connectivity index (χ2n) is 6.14. The highest BCUT2D eigenvalue weighted by molar-refractivity contribution is 5.91. The van der Waals surface area contributed by atoms with Crippen LogP contribution in [-0.2, 0) is 13.1 Å². The van der Waals surface area contributed by atoms with Gasteiger partial charge >= 0.3 is 0 Å². The van der Waals surface area contributed by atoms with E-state index in [1.54, 1.807) is 13.3 Å². The van der Waals surface area contributed by atoms with Crippen LogP contribution in [0.5, 0.6) is 5.75 Å². The van der Waals surface area contributed by atoms with Crippen molar-refractivity contribution >= 4 is 5.91 Å². The fraction of sp³-hybridized carbons (Fsp3) is 0.263. The molecule has 3 aromatic rings. The molecule has 0 N–H and O–H groups in total. The molecule has 0 unspecified atom stereocenters. The van der Waals surface area contributed by atoms with E-state index < -0.39 is 0 Å². The molecule has 0 spiro atoms. The normalized spacial score (nSPS) is 13.8. The van der Waals surface area contributed by atoms with Crippen molar-refractivity contribution in [1.29, 1.82) is 0 Å². The third-order valence-electron chi connectivity index (χ3n) is 4.47. The second-order valence-corrected chi connectivity index (χ2v) is 6.14. The average Bonchev–Trinajstić information content (AvgIpc) is 2.99. The molecule has 0 fully saturated rings. The number of hydrogen-bond donors (Lipinski definition) is 0. The number of amides is 1. The molecule has 1 amide bonds. The van der Waals surface area contributed by atoms with Gasteiger partial charge in [-0.05, 0) is 36.8 Å². The number of aromatic nitrogens is 4. The number of aryl methyl sites for hydroxylation is 1. The minimum absolute atomic E-state index is 0.0984. The molecule has 2 aromatic heterocycles. The van der Waals surface area contributed by atoms with Crippen LogP contribution in [-0.4, -0.2) is 44.2 Å². The second kappa shape index (κ2) is 6.95. The summed E-state index contributed by atoms with van der Waals surface area (Å²) in [7, 11) is 1.65. The Morgan fingerprint density at radius 1 is 1.15 bits per heavy atom. The fourth-order valence-electron chi connectivity index (χ4n) is 3.11. The number of ether oxygens (including phenoxy) is 1. The minimum Gasteiger partial charge on any atom is -0.497 e. The fourth-order valence-corrected chi connectivity index (χ4v) is 3.11. The summed E-state index contributed by atoms with van der Waals surface area (Å²) < 4.78 is 7.19.